The zero-order valence-corrected chi connectivity index (χ0v) is 8.97. The summed E-state index contributed by atoms with van der Waals surface area (Å²) in [5.74, 6) is 0.782. The van der Waals surface area contributed by atoms with E-state index in [1.54, 1.807) is 0 Å². The van der Waals surface area contributed by atoms with Crippen molar-refractivity contribution in [1.82, 2.24) is 5.32 Å². The van der Waals surface area contributed by atoms with Crippen molar-refractivity contribution in [3.05, 3.63) is 12.2 Å². The second-order valence-corrected chi connectivity index (χ2v) is 3.52. The van der Waals surface area contributed by atoms with Crippen LogP contribution in [0.1, 0.15) is 40.0 Å². The highest BCUT2D eigenvalue weighted by Gasteiger charge is 1.96. The first-order chi connectivity index (χ1) is 6.16. The van der Waals surface area contributed by atoms with Crippen molar-refractivity contribution in [3.8, 4) is 0 Å². The zero-order valence-electron chi connectivity index (χ0n) is 8.97. The van der Waals surface area contributed by atoms with Gasteiger partial charge in [-0.05, 0) is 25.7 Å². The number of amides is 1. The van der Waals surface area contributed by atoms with Crippen LogP contribution in [0, 0.1) is 5.92 Å². The van der Waals surface area contributed by atoms with E-state index in [9.17, 15) is 4.79 Å². The van der Waals surface area contributed by atoms with Gasteiger partial charge in [0.15, 0.2) is 0 Å². The van der Waals surface area contributed by atoms with Gasteiger partial charge in [-0.2, -0.15) is 0 Å². The number of carbonyl (C=O) groups excluding carboxylic acids is 1. The molecule has 0 fully saturated rings. The molecule has 0 aromatic carbocycles. The molecule has 0 aromatic rings. The van der Waals surface area contributed by atoms with Crippen molar-refractivity contribution in [2.45, 2.75) is 40.0 Å². The fourth-order valence-corrected chi connectivity index (χ4v) is 1.03. The van der Waals surface area contributed by atoms with Crippen LogP contribution >= 0.6 is 0 Å². The summed E-state index contributed by atoms with van der Waals surface area (Å²) in [5.41, 5.74) is 0. The van der Waals surface area contributed by atoms with Gasteiger partial charge in [0, 0.05) is 13.0 Å². The van der Waals surface area contributed by atoms with Crippen LogP contribution in [-0.2, 0) is 4.79 Å². The summed E-state index contributed by atoms with van der Waals surface area (Å²) in [6, 6.07) is 0. The molecule has 0 rings (SSSR count). The molecule has 0 aromatic heterocycles. The predicted molar refractivity (Wildman–Crippen MR) is 56.5 cm³/mol. The maximum Gasteiger partial charge on any atom is 0.219 e. The molecule has 0 radical (unpaired) electrons. The van der Waals surface area contributed by atoms with E-state index in [0.717, 1.165) is 19.4 Å². The first-order valence-electron chi connectivity index (χ1n) is 5.10. The summed E-state index contributed by atoms with van der Waals surface area (Å²) >= 11 is 0. The van der Waals surface area contributed by atoms with Crippen LogP contribution < -0.4 is 5.32 Å². The van der Waals surface area contributed by atoms with E-state index in [2.05, 4.69) is 31.3 Å². The molecule has 0 aliphatic heterocycles. The number of allylic oxidation sites excluding steroid dienone is 2. The van der Waals surface area contributed by atoms with Gasteiger partial charge < -0.3 is 5.32 Å². The largest absolute Gasteiger partial charge is 0.356 e. The molecular weight excluding hydrogens is 162 g/mol. The van der Waals surface area contributed by atoms with Gasteiger partial charge in [-0.3, -0.25) is 4.79 Å². The number of carbonyl (C=O) groups is 1. The van der Waals surface area contributed by atoms with E-state index in [1.807, 2.05) is 6.92 Å². The third-order valence-electron chi connectivity index (χ3n) is 1.67. The lowest BCUT2D eigenvalue weighted by Crippen LogP contribution is -2.21. The zero-order chi connectivity index (χ0) is 10.1. The number of hydrogen-bond acceptors (Lipinski definition) is 1. The van der Waals surface area contributed by atoms with E-state index in [1.165, 1.54) is 0 Å². The highest BCUT2D eigenvalue weighted by molar-refractivity contribution is 5.75. The molecule has 13 heavy (non-hydrogen) atoms. The lowest BCUT2D eigenvalue weighted by Gasteiger charge is -1.99. The molecule has 2 nitrogen and oxygen atoms in total. The Morgan fingerprint density at radius 3 is 2.69 bits per heavy atom. The minimum atomic E-state index is 0.167. The lowest BCUT2D eigenvalue weighted by atomic mass is 10.1. The third-order valence-corrected chi connectivity index (χ3v) is 1.67. The number of hydrogen-bond donors (Lipinski definition) is 1. The van der Waals surface area contributed by atoms with E-state index >= 15 is 0 Å². The van der Waals surface area contributed by atoms with Crippen molar-refractivity contribution in [3.63, 3.8) is 0 Å². The Kier molecular flexibility index (Phi) is 7.36. The quantitative estimate of drug-likeness (QED) is 0.497. The molecule has 76 valence electrons. The van der Waals surface area contributed by atoms with Crippen LogP contribution in [-0.4, -0.2) is 12.5 Å². The second-order valence-electron chi connectivity index (χ2n) is 3.52. The SMILES string of the molecule is CCNC(=O)CCC/C=C\C(C)C. The fourth-order valence-electron chi connectivity index (χ4n) is 1.03. The van der Waals surface area contributed by atoms with Crippen LogP contribution in [0.25, 0.3) is 0 Å². The molecule has 0 atom stereocenters. The molecule has 0 saturated carbocycles. The molecule has 2 heteroatoms. The maximum absolute atomic E-state index is 11.0. The van der Waals surface area contributed by atoms with Crippen LogP contribution in [0.2, 0.25) is 0 Å². The Balaban J connectivity index is 3.30. The molecule has 0 unspecified atom stereocenters. The normalized spacial score (nSPS) is 11.1. The molecular formula is C11H21NO. The smallest absolute Gasteiger partial charge is 0.219 e. The average molecular weight is 183 g/mol. The summed E-state index contributed by atoms with van der Waals surface area (Å²) in [5, 5.41) is 2.78. The third kappa shape index (κ3) is 9.12. The molecule has 1 N–H and O–H groups in total. The first-order valence-corrected chi connectivity index (χ1v) is 5.10. The monoisotopic (exact) mass is 183 g/mol. The molecule has 0 saturated heterocycles. The summed E-state index contributed by atoms with van der Waals surface area (Å²) in [6.07, 6.45) is 6.95. The molecule has 0 bridgehead atoms. The minimum absolute atomic E-state index is 0.167. The van der Waals surface area contributed by atoms with Gasteiger partial charge in [-0.25, -0.2) is 0 Å². The lowest BCUT2D eigenvalue weighted by molar-refractivity contribution is -0.121. The fraction of sp³-hybridized carbons (Fsp3) is 0.727. The summed E-state index contributed by atoms with van der Waals surface area (Å²) in [7, 11) is 0. The van der Waals surface area contributed by atoms with Crippen LogP contribution in [0.4, 0.5) is 0 Å². The Morgan fingerprint density at radius 2 is 2.15 bits per heavy atom. The van der Waals surface area contributed by atoms with Gasteiger partial charge >= 0.3 is 0 Å². The van der Waals surface area contributed by atoms with Gasteiger partial charge in [0.25, 0.3) is 0 Å². The number of rotatable bonds is 6. The summed E-state index contributed by atoms with van der Waals surface area (Å²) < 4.78 is 0. The summed E-state index contributed by atoms with van der Waals surface area (Å²) in [4.78, 5) is 11.0. The van der Waals surface area contributed by atoms with Crippen LogP contribution in [0.5, 0.6) is 0 Å². The predicted octanol–water partition coefficient (Wildman–Crippen LogP) is 2.51. The number of nitrogens with one attached hydrogen (secondary N) is 1. The van der Waals surface area contributed by atoms with E-state index < -0.39 is 0 Å². The van der Waals surface area contributed by atoms with Crippen molar-refractivity contribution in [2.75, 3.05) is 6.54 Å². The van der Waals surface area contributed by atoms with Crippen molar-refractivity contribution < 1.29 is 4.79 Å². The Morgan fingerprint density at radius 1 is 1.46 bits per heavy atom. The molecule has 0 aliphatic rings. The Bertz CT molecular complexity index is 161. The highest BCUT2D eigenvalue weighted by atomic mass is 16.1. The maximum atomic E-state index is 11.0. The average Bonchev–Trinajstić information content (AvgIpc) is 2.03. The van der Waals surface area contributed by atoms with Crippen molar-refractivity contribution in [1.29, 1.82) is 0 Å². The van der Waals surface area contributed by atoms with Gasteiger partial charge in [-0.15, -0.1) is 0 Å². The molecule has 0 spiro atoms. The second kappa shape index (κ2) is 7.84. The van der Waals surface area contributed by atoms with Gasteiger partial charge in [-0.1, -0.05) is 26.0 Å². The summed E-state index contributed by atoms with van der Waals surface area (Å²) in [6.45, 7) is 6.98. The van der Waals surface area contributed by atoms with Crippen LogP contribution in [0.3, 0.4) is 0 Å². The standard InChI is InChI=1S/C11H21NO/c1-4-12-11(13)9-7-5-6-8-10(2)3/h6,8,10H,4-5,7,9H2,1-3H3,(H,12,13)/b8-6-. The van der Waals surface area contributed by atoms with Gasteiger partial charge in [0.05, 0.1) is 0 Å². The van der Waals surface area contributed by atoms with Crippen LogP contribution in [0.15, 0.2) is 12.2 Å². The Hall–Kier alpha value is -0.790. The first kappa shape index (κ1) is 12.2. The van der Waals surface area contributed by atoms with E-state index in [0.29, 0.717) is 12.3 Å². The molecule has 0 aliphatic carbocycles. The Labute approximate surface area is 81.4 Å². The van der Waals surface area contributed by atoms with Gasteiger partial charge in [0.1, 0.15) is 0 Å². The van der Waals surface area contributed by atoms with Gasteiger partial charge in [0.2, 0.25) is 5.91 Å². The minimum Gasteiger partial charge on any atom is -0.356 e. The van der Waals surface area contributed by atoms with Crippen molar-refractivity contribution >= 4 is 5.91 Å². The highest BCUT2D eigenvalue weighted by Crippen LogP contribution is 2.00. The molecule has 0 heterocycles. The van der Waals surface area contributed by atoms with E-state index in [-0.39, 0.29) is 5.91 Å². The van der Waals surface area contributed by atoms with Crippen molar-refractivity contribution in [2.24, 2.45) is 5.92 Å². The van der Waals surface area contributed by atoms with E-state index in [4.69, 9.17) is 0 Å². The topological polar surface area (TPSA) is 29.1 Å². The molecule has 1 amide bonds. The number of unbranched alkanes of at least 4 members (excludes halogenated alkanes) is 1.